The first-order valence-electron chi connectivity index (χ1n) is 6.19. The van der Waals surface area contributed by atoms with E-state index >= 15 is 0 Å². The molecule has 1 unspecified atom stereocenters. The number of fused-ring (bicyclic) bond motifs is 1. The number of nitrogens with one attached hydrogen (secondary N) is 1. The van der Waals surface area contributed by atoms with Gasteiger partial charge in [-0.05, 0) is 44.6 Å². The van der Waals surface area contributed by atoms with Crippen LogP contribution in [0.4, 0.5) is 0 Å². The Morgan fingerprint density at radius 1 is 1.41 bits per heavy atom. The molecule has 0 aromatic heterocycles. The maximum absolute atomic E-state index is 5.47. The zero-order valence-corrected chi connectivity index (χ0v) is 11.2. The smallest absolute Gasteiger partial charge is 0.123 e. The molecule has 0 amide bonds. The minimum Gasteiger partial charge on any atom is -0.496 e. The molecule has 0 aliphatic carbocycles. The van der Waals surface area contributed by atoms with Crippen LogP contribution in [0.25, 0.3) is 0 Å². The van der Waals surface area contributed by atoms with Gasteiger partial charge in [-0.2, -0.15) is 0 Å². The lowest BCUT2D eigenvalue weighted by Crippen LogP contribution is -2.35. The topological polar surface area (TPSA) is 24.5 Å². The van der Waals surface area contributed by atoms with Crippen molar-refractivity contribution in [3.8, 4) is 5.75 Å². The van der Waals surface area contributed by atoms with Crippen LogP contribution in [0.2, 0.25) is 0 Å². The van der Waals surface area contributed by atoms with Crippen molar-refractivity contribution in [1.82, 2.24) is 10.2 Å². The Bertz CT molecular complexity index is 403. The van der Waals surface area contributed by atoms with E-state index in [2.05, 4.69) is 36.3 Å². The highest BCUT2D eigenvalue weighted by molar-refractivity contribution is 5.44. The number of rotatable bonds is 3. The zero-order valence-electron chi connectivity index (χ0n) is 11.2. The summed E-state index contributed by atoms with van der Waals surface area (Å²) in [4.78, 5) is 2.39. The highest BCUT2D eigenvalue weighted by Gasteiger charge is 2.21. The molecule has 3 nitrogen and oxygen atoms in total. The average Bonchev–Trinajstić information content (AvgIpc) is 2.31. The van der Waals surface area contributed by atoms with Crippen molar-refractivity contribution in [2.24, 2.45) is 0 Å². The number of ether oxygens (including phenoxy) is 1. The van der Waals surface area contributed by atoms with Gasteiger partial charge in [0.15, 0.2) is 0 Å². The van der Waals surface area contributed by atoms with E-state index in [4.69, 9.17) is 4.74 Å². The third-order valence-electron chi connectivity index (χ3n) is 3.66. The van der Waals surface area contributed by atoms with Gasteiger partial charge in [0.25, 0.3) is 0 Å². The molecular weight excluding hydrogens is 212 g/mol. The van der Waals surface area contributed by atoms with Crippen LogP contribution in [0.1, 0.15) is 23.6 Å². The molecule has 3 heteroatoms. The lowest BCUT2D eigenvalue weighted by molar-refractivity contribution is 0.230. The predicted molar refractivity (Wildman–Crippen MR) is 70.4 cm³/mol. The average molecular weight is 234 g/mol. The maximum Gasteiger partial charge on any atom is 0.123 e. The summed E-state index contributed by atoms with van der Waals surface area (Å²) in [5.41, 5.74) is 4.13. The fourth-order valence-corrected chi connectivity index (χ4v) is 2.47. The van der Waals surface area contributed by atoms with E-state index in [0.29, 0.717) is 6.04 Å². The van der Waals surface area contributed by atoms with Crippen LogP contribution in [-0.4, -0.2) is 32.1 Å². The SMILES string of the molecule is CNCc1cc2c(cc1OC)CN(C)C(C)C2. The number of likely N-dealkylation sites (N-methyl/N-ethyl adjacent to an activating group) is 1. The molecule has 94 valence electrons. The number of hydrogen-bond donors (Lipinski definition) is 1. The number of methoxy groups -OCH3 is 1. The maximum atomic E-state index is 5.47. The number of benzene rings is 1. The standard InChI is InChI=1S/C14H22N2O/c1-10-5-11-6-12(8-15-2)14(17-4)7-13(11)9-16(10)3/h6-7,10,15H,5,8-9H2,1-4H3. The molecule has 1 aromatic carbocycles. The Morgan fingerprint density at radius 2 is 2.18 bits per heavy atom. The lowest BCUT2D eigenvalue weighted by atomic mass is 9.93. The third kappa shape index (κ3) is 2.45. The summed E-state index contributed by atoms with van der Waals surface area (Å²) in [5, 5.41) is 3.20. The second-order valence-electron chi connectivity index (χ2n) is 4.93. The predicted octanol–water partition coefficient (Wildman–Crippen LogP) is 1.79. The lowest BCUT2D eigenvalue weighted by Gasteiger charge is -2.32. The van der Waals surface area contributed by atoms with Gasteiger partial charge in [0.2, 0.25) is 0 Å². The van der Waals surface area contributed by atoms with E-state index in [-0.39, 0.29) is 0 Å². The summed E-state index contributed by atoms with van der Waals surface area (Å²) < 4.78 is 5.47. The molecule has 0 radical (unpaired) electrons. The van der Waals surface area contributed by atoms with E-state index < -0.39 is 0 Å². The van der Waals surface area contributed by atoms with Gasteiger partial charge in [0.1, 0.15) is 5.75 Å². The van der Waals surface area contributed by atoms with E-state index in [1.165, 1.54) is 16.7 Å². The molecule has 1 N–H and O–H groups in total. The Morgan fingerprint density at radius 3 is 2.82 bits per heavy atom. The Balaban J connectivity index is 2.37. The van der Waals surface area contributed by atoms with Crippen LogP contribution in [-0.2, 0) is 19.5 Å². The third-order valence-corrected chi connectivity index (χ3v) is 3.66. The molecule has 0 bridgehead atoms. The fourth-order valence-electron chi connectivity index (χ4n) is 2.47. The molecule has 1 atom stereocenters. The molecule has 0 saturated heterocycles. The molecule has 1 aromatic rings. The van der Waals surface area contributed by atoms with Gasteiger partial charge in [0.05, 0.1) is 7.11 Å². The van der Waals surface area contributed by atoms with Gasteiger partial charge in [-0.25, -0.2) is 0 Å². The van der Waals surface area contributed by atoms with Gasteiger partial charge in [0, 0.05) is 24.7 Å². The monoisotopic (exact) mass is 234 g/mol. The normalized spacial score (nSPS) is 20.1. The molecule has 0 fully saturated rings. The van der Waals surface area contributed by atoms with Gasteiger partial charge in [-0.3, -0.25) is 4.90 Å². The second-order valence-corrected chi connectivity index (χ2v) is 4.93. The first kappa shape index (κ1) is 12.4. The van der Waals surface area contributed by atoms with Crippen molar-refractivity contribution < 1.29 is 4.74 Å². The summed E-state index contributed by atoms with van der Waals surface area (Å²) in [5.74, 6) is 1.00. The van der Waals surface area contributed by atoms with Crippen molar-refractivity contribution in [2.45, 2.75) is 32.5 Å². The Hall–Kier alpha value is -1.06. The number of hydrogen-bond acceptors (Lipinski definition) is 3. The number of nitrogens with zero attached hydrogens (tertiary/aromatic N) is 1. The molecule has 0 saturated carbocycles. The molecule has 0 spiro atoms. The van der Waals surface area contributed by atoms with Crippen LogP contribution in [0, 0.1) is 0 Å². The first-order chi connectivity index (χ1) is 8.15. The molecular formula is C14H22N2O. The van der Waals surface area contributed by atoms with Crippen molar-refractivity contribution in [3.05, 3.63) is 28.8 Å². The molecule has 1 heterocycles. The Kier molecular flexibility index (Phi) is 3.69. The summed E-state index contributed by atoms with van der Waals surface area (Å²) >= 11 is 0. The van der Waals surface area contributed by atoms with E-state index in [9.17, 15) is 0 Å². The molecule has 17 heavy (non-hydrogen) atoms. The second kappa shape index (κ2) is 5.07. The van der Waals surface area contributed by atoms with E-state index in [0.717, 1.165) is 25.3 Å². The van der Waals surface area contributed by atoms with Crippen LogP contribution in [0.3, 0.4) is 0 Å². The highest BCUT2D eigenvalue weighted by Crippen LogP contribution is 2.29. The van der Waals surface area contributed by atoms with E-state index in [1.54, 1.807) is 7.11 Å². The van der Waals surface area contributed by atoms with Crippen molar-refractivity contribution in [1.29, 1.82) is 0 Å². The van der Waals surface area contributed by atoms with Gasteiger partial charge >= 0.3 is 0 Å². The molecule has 2 rings (SSSR count). The summed E-state index contributed by atoms with van der Waals surface area (Å²) in [6.45, 7) is 4.16. The molecule has 1 aliphatic heterocycles. The molecule has 1 aliphatic rings. The van der Waals surface area contributed by atoms with Crippen molar-refractivity contribution >= 4 is 0 Å². The van der Waals surface area contributed by atoms with Crippen molar-refractivity contribution in [3.63, 3.8) is 0 Å². The van der Waals surface area contributed by atoms with E-state index in [1.807, 2.05) is 7.05 Å². The van der Waals surface area contributed by atoms with Crippen LogP contribution < -0.4 is 10.1 Å². The van der Waals surface area contributed by atoms with Crippen molar-refractivity contribution in [2.75, 3.05) is 21.2 Å². The Labute approximate surface area is 104 Å². The summed E-state index contributed by atoms with van der Waals surface area (Å²) in [6.07, 6.45) is 1.13. The first-order valence-corrected chi connectivity index (χ1v) is 6.19. The minimum atomic E-state index is 0.623. The van der Waals surface area contributed by atoms with Crippen LogP contribution in [0.15, 0.2) is 12.1 Å². The van der Waals surface area contributed by atoms with Gasteiger partial charge < -0.3 is 10.1 Å². The fraction of sp³-hybridized carbons (Fsp3) is 0.571. The minimum absolute atomic E-state index is 0.623. The summed E-state index contributed by atoms with van der Waals surface area (Å²) in [7, 11) is 5.90. The largest absolute Gasteiger partial charge is 0.496 e. The van der Waals surface area contributed by atoms with Gasteiger partial charge in [-0.1, -0.05) is 6.07 Å². The van der Waals surface area contributed by atoms with Crippen LogP contribution in [0.5, 0.6) is 5.75 Å². The zero-order chi connectivity index (χ0) is 12.4. The van der Waals surface area contributed by atoms with Gasteiger partial charge in [-0.15, -0.1) is 0 Å². The van der Waals surface area contributed by atoms with Crippen LogP contribution >= 0.6 is 0 Å². The quantitative estimate of drug-likeness (QED) is 0.863. The highest BCUT2D eigenvalue weighted by atomic mass is 16.5. The summed E-state index contributed by atoms with van der Waals surface area (Å²) in [6, 6.07) is 5.12.